The van der Waals surface area contributed by atoms with Gasteiger partial charge in [0.1, 0.15) is 18.0 Å². The van der Waals surface area contributed by atoms with Gasteiger partial charge in [0.2, 0.25) is 5.91 Å². The molecule has 0 radical (unpaired) electrons. The number of aliphatic imine (C=N–C) groups is 1. The maximum atomic E-state index is 11.9. The molecule has 0 atom stereocenters. The Balaban J connectivity index is 0.00000338. The van der Waals surface area contributed by atoms with Crippen molar-refractivity contribution in [1.29, 1.82) is 0 Å². The fourth-order valence-corrected chi connectivity index (χ4v) is 2.43. The number of benzene rings is 1. The predicted molar refractivity (Wildman–Crippen MR) is 114 cm³/mol. The molecule has 0 aromatic heterocycles. The Kier molecular flexibility index (Phi) is 9.53. The number of rotatable bonds is 8. The topological polar surface area (TPSA) is 75.2 Å². The van der Waals surface area contributed by atoms with E-state index in [1.807, 2.05) is 37.1 Å². The number of carbonyl (C=O) groups excluding carboxylic acids is 1. The second kappa shape index (κ2) is 11.1. The van der Waals surface area contributed by atoms with Gasteiger partial charge in [0, 0.05) is 37.8 Å². The van der Waals surface area contributed by atoms with Crippen LogP contribution in [0.1, 0.15) is 25.3 Å². The number of hydrogen-bond acceptors (Lipinski definition) is 4. The van der Waals surface area contributed by atoms with Gasteiger partial charge in [-0.2, -0.15) is 0 Å². The number of halogens is 1. The van der Waals surface area contributed by atoms with Gasteiger partial charge in [-0.25, -0.2) is 4.99 Å². The van der Waals surface area contributed by atoms with Crippen LogP contribution in [0.25, 0.3) is 0 Å². The smallest absolute Gasteiger partial charge is 0.242 e. The standard InChI is InChI=1S/C18H28N4O3.HI/c1-5-19-18(20-11-17(23)21-14-7-8-14)22(2)12-13-6-9-15(24-3)10-16(13)25-4;/h6,9-10,14H,5,7-8,11-12H2,1-4H3,(H,19,20)(H,21,23);1H. The van der Waals surface area contributed by atoms with Crippen molar-refractivity contribution >= 4 is 35.8 Å². The number of nitrogens with one attached hydrogen (secondary N) is 2. The van der Waals surface area contributed by atoms with Gasteiger partial charge in [-0.05, 0) is 31.9 Å². The molecule has 0 bridgehead atoms. The summed E-state index contributed by atoms with van der Waals surface area (Å²) in [5.41, 5.74) is 1.01. The van der Waals surface area contributed by atoms with Gasteiger partial charge in [-0.15, -0.1) is 24.0 Å². The molecule has 2 N–H and O–H groups in total. The second-order valence-corrected chi connectivity index (χ2v) is 6.05. The fraction of sp³-hybridized carbons (Fsp3) is 0.556. The first-order chi connectivity index (χ1) is 12.1. The van der Waals surface area contributed by atoms with E-state index < -0.39 is 0 Å². The monoisotopic (exact) mass is 476 g/mol. The van der Waals surface area contributed by atoms with E-state index in [0.29, 0.717) is 18.5 Å². The Morgan fingerprint density at radius 2 is 2.04 bits per heavy atom. The number of amides is 1. The minimum Gasteiger partial charge on any atom is -0.497 e. The fourth-order valence-electron chi connectivity index (χ4n) is 2.43. The van der Waals surface area contributed by atoms with Gasteiger partial charge >= 0.3 is 0 Å². The molecular weight excluding hydrogens is 447 g/mol. The van der Waals surface area contributed by atoms with Crippen molar-refractivity contribution < 1.29 is 14.3 Å². The summed E-state index contributed by atoms with van der Waals surface area (Å²) >= 11 is 0. The summed E-state index contributed by atoms with van der Waals surface area (Å²) < 4.78 is 10.7. The zero-order valence-corrected chi connectivity index (χ0v) is 18.2. The first kappa shape index (κ1) is 22.3. The SMILES string of the molecule is CCNC(=NCC(=O)NC1CC1)N(C)Cc1ccc(OC)cc1OC.I. The minimum atomic E-state index is -0.0340. The number of hydrogen-bond donors (Lipinski definition) is 2. The number of carbonyl (C=O) groups is 1. The largest absolute Gasteiger partial charge is 0.497 e. The summed E-state index contributed by atoms with van der Waals surface area (Å²) in [6, 6.07) is 6.08. The molecule has 0 heterocycles. The zero-order chi connectivity index (χ0) is 18.2. The van der Waals surface area contributed by atoms with Crippen LogP contribution in [0.2, 0.25) is 0 Å². The van der Waals surface area contributed by atoms with Crippen molar-refractivity contribution in [1.82, 2.24) is 15.5 Å². The second-order valence-electron chi connectivity index (χ2n) is 6.05. The highest BCUT2D eigenvalue weighted by Crippen LogP contribution is 2.25. The molecule has 1 aromatic carbocycles. The first-order valence-electron chi connectivity index (χ1n) is 8.57. The third-order valence-corrected chi connectivity index (χ3v) is 3.91. The molecule has 1 aromatic rings. The zero-order valence-electron chi connectivity index (χ0n) is 15.9. The van der Waals surface area contributed by atoms with Gasteiger partial charge in [-0.1, -0.05) is 0 Å². The van der Waals surface area contributed by atoms with Crippen LogP contribution in [0.15, 0.2) is 23.2 Å². The van der Waals surface area contributed by atoms with Crippen LogP contribution in [0, 0.1) is 0 Å². The molecular formula is C18H29IN4O3. The molecule has 8 heteroatoms. The van der Waals surface area contributed by atoms with Crippen LogP contribution >= 0.6 is 24.0 Å². The Labute approximate surface area is 172 Å². The molecule has 0 aliphatic heterocycles. The normalized spacial score (nSPS) is 13.5. The molecule has 1 aliphatic carbocycles. The Morgan fingerprint density at radius 3 is 2.62 bits per heavy atom. The molecule has 0 spiro atoms. The van der Waals surface area contributed by atoms with E-state index in [1.165, 1.54) is 0 Å². The van der Waals surface area contributed by atoms with Crippen molar-refractivity contribution in [3.05, 3.63) is 23.8 Å². The molecule has 2 rings (SSSR count). The number of nitrogens with zero attached hydrogens (tertiary/aromatic N) is 2. The van der Waals surface area contributed by atoms with Crippen LogP contribution in [0.4, 0.5) is 0 Å². The Bertz CT molecular complexity index is 620. The summed E-state index contributed by atoms with van der Waals surface area (Å²) in [5.74, 6) is 2.16. The van der Waals surface area contributed by atoms with E-state index in [2.05, 4.69) is 15.6 Å². The third-order valence-electron chi connectivity index (χ3n) is 3.91. The average Bonchev–Trinajstić information content (AvgIpc) is 3.42. The molecule has 7 nitrogen and oxygen atoms in total. The molecule has 146 valence electrons. The number of ether oxygens (including phenoxy) is 2. The highest BCUT2D eigenvalue weighted by atomic mass is 127. The van der Waals surface area contributed by atoms with Crippen LogP contribution in [-0.4, -0.2) is 57.2 Å². The van der Waals surface area contributed by atoms with Crippen molar-refractivity contribution in [2.75, 3.05) is 34.4 Å². The lowest BCUT2D eigenvalue weighted by Gasteiger charge is -2.23. The van der Waals surface area contributed by atoms with Crippen molar-refractivity contribution in [3.63, 3.8) is 0 Å². The van der Waals surface area contributed by atoms with Gasteiger partial charge in [0.25, 0.3) is 0 Å². The predicted octanol–water partition coefficient (Wildman–Crippen LogP) is 2.00. The van der Waals surface area contributed by atoms with E-state index in [-0.39, 0.29) is 36.4 Å². The quantitative estimate of drug-likeness (QED) is 0.341. The lowest BCUT2D eigenvalue weighted by Crippen LogP contribution is -2.39. The van der Waals surface area contributed by atoms with E-state index in [1.54, 1.807) is 14.2 Å². The summed E-state index contributed by atoms with van der Waals surface area (Å²) in [7, 11) is 5.20. The highest BCUT2D eigenvalue weighted by Gasteiger charge is 2.23. The molecule has 1 saturated carbocycles. The first-order valence-corrected chi connectivity index (χ1v) is 8.57. The number of guanidine groups is 1. The Morgan fingerprint density at radius 1 is 1.31 bits per heavy atom. The third kappa shape index (κ3) is 6.89. The molecule has 1 fully saturated rings. The van der Waals surface area contributed by atoms with Crippen molar-refractivity contribution in [2.24, 2.45) is 4.99 Å². The maximum Gasteiger partial charge on any atom is 0.242 e. The summed E-state index contributed by atoms with van der Waals surface area (Å²) in [6.07, 6.45) is 2.15. The summed E-state index contributed by atoms with van der Waals surface area (Å²) in [4.78, 5) is 18.3. The van der Waals surface area contributed by atoms with Gasteiger partial charge < -0.3 is 25.0 Å². The molecule has 1 amide bonds. The Hall–Kier alpha value is -1.71. The average molecular weight is 476 g/mol. The van der Waals surface area contributed by atoms with Gasteiger partial charge in [0.05, 0.1) is 14.2 Å². The van der Waals surface area contributed by atoms with Crippen LogP contribution in [0.3, 0.4) is 0 Å². The summed E-state index contributed by atoms with van der Waals surface area (Å²) in [5, 5.41) is 6.16. The molecule has 1 aliphatic rings. The lowest BCUT2D eigenvalue weighted by molar-refractivity contribution is -0.119. The van der Waals surface area contributed by atoms with E-state index in [0.717, 1.165) is 36.4 Å². The van der Waals surface area contributed by atoms with E-state index in [4.69, 9.17) is 9.47 Å². The number of methoxy groups -OCH3 is 2. The highest BCUT2D eigenvalue weighted by molar-refractivity contribution is 14.0. The maximum absolute atomic E-state index is 11.9. The molecule has 0 unspecified atom stereocenters. The van der Waals surface area contributed by atoms with Crippen LogP contribution in [0.5, 0.6) is 11.5 Å². The van der Waals surface area contributed by atoms with E-state index in [9.17, 15) is 4.79 Å². The van der Waals surface area contributed by atoms with E-state index >= 15 is 0 Å². The minimum absolute atomic E-state index is 0. The van der Waals surface area contributed by atoms with Crippen molar-refractivity contribution in [2.45, 2.75) is 32.4 Å². The molecule has 0 saturated heterocycles. The van der Waals surface area contributed by atoms with Crippen LogP contribution in [-0.2, 0) is 11.3 Å². The van der Waals surface area contributed by atoms with Crippen molar-refractivity contribution in [3.8, 4) is 11.5 Å². The lowest BCUT2D eigenvalue weighted by atomic mass is 10.2. The van der Waals surface area contributed by atoms with Gasteiger partial charge in [0.15, 0.2) is 5.96 Å². The summed E-state index contributed by atoms with van der Waals surface area (Å²) in [6.45, 7) is 3.46. The van der Waals surface area contributed by atoms with Gasteiger partial charge in [-0.3, -0.25) is 4.79 Å². The van der Waals surface area contributed by atoms with Crippen LogP contribution < -0.4 is 20.1 Å². The molecule has 26 heavy (non-hydrogen) atoms.